The van der Waals surface area contributed by atoms with Crippen LogP contribution in [0.15, 0.2) is 48.5 Å². The first-order valence-corrected chi connectivity index (χ1v) is 8.32. The highest BCUT2D eigenvalue weighted by Gasteiger charge is 2.22. The van der Waals surface area contributed by atoms with Gasteiger partial charge in [-0.05, 0) is 57.2 Å². The number of quaternary nitrogens is 1. The molecule has 0 aliphatic heterocycles. The molecule has 0 bridgehead atoms. The fourth-order valence-electron chi connectivity index (χ4n) is 2.71. The summed E-state index contributed by atoms with van der Waals surface area (Å²) in [5.41, 5.74) is 2.36. The number of hydrogen-bond acceptors (Lipinski definition) is 3. The van der Waals surface area contributed by atoms with Crippen LogP contribution in [-0.4, -0.2) is 24.8 Å². The Morgan fingerprint density at radius 1 is 1.04 bits per heavy atom. The Kier molecular flexibility index (Phi) is 6.31. The summed E-state index contributed by atoms with van der Waals surface area (Å²) in [4.78, 5) is 23.7. The minimum Gasteiger partial charge on any atom is -0.496 e. The lowest BCUT2D eigenvalue weighted by atomic mass is 10.1. The number of ether oxygens (including phenoxy) is 1. The smallest absolute Gasteiger partial charge is 0.282 e. The summed E-state index contributed by atoms with van der Waals surface area (Å²) < 4.78 is 5.39. The quantitative estimate of drug-likeness (QED) is 0.760. The third-order valence-electron chi connectivity index (χ3n) is 4.18. The van der Waals surface area contributed by atoms with Crippen LogP contribution in [0.3, 0.4) is 0 Å². The van der Waals surface area contributed by atoms with E-state index in [1.807, 2.05) is 43.4 Å². The standard InChI is InChI=1S/C20H24N2O3/c1-13(18-7-5-6-8-19(18)25-4)21-14(2)20(24)22-17-11-9-16(10-12-17)15(3)23/h5-14,21H,1-4H3,(H,22,24)/p+1/t13-,14+/m0/s1. The maximum atomic E-state index is 12.4. The predicted octanol–water partition coefficient (Wildman–Crippen LogP) is 2.55. The number of Topliss-reactive ketones (excluding diaryl/α,β-unsaturated/α-hetero) is 1. The molecule has 0 heterocycles. The van der Waals surface area contributed by atoms with Gasteiger partial charge in [-0.1, -0.05) is 12.1 Å². The maximum absolute atomic E-state index is 12.4. The SMILES string of the molecule is COc1ccccc1[C@H](C)[NH2+][C@H](C)C(=O)Nc1ccc(C(C)=O)cc1. The molecule has 2 atom stereocenters. The number of nitrogens with one attached hydrogen (secondary N) is 1. The Hall–Kier alpha value is -2.66. The number of anilines is 1. The molecule has 0 fully saturated rings. The van der Waals surface area contributed by atoms with Gasteiger partial charge in [-0.15, -0.1) is 0 Å². The van der Waals surface area contributed by atoms with Gasteiger partial charge < -0.3 is 15.4 Å². The van der Waals surface area contributed by atoms with Crippen molar-refractivity contribution in [3.63, 3.8) is 0 Å². The molecule has 0 unspecified atom stereocenters. The molecule has 0 aliphatic carbocycles. The zero-order valence-electron chi connectivity index (χ0n) is 15.1. The number of ketones is 1. The van der Waals surface area contributed by atoms with E-state index >= 15 is 0 Å². The average molecular weight is 341 g/mol. The van der Waals surface area contributed by atoms with Crippen molar-refractivity contribution < 1.29 is 19.6 Å². The van der Waals surface area contributed by atoms with Gasteiger partial charge in [-0.25, -0.2) is 0 Å². The van der Waals surface area contributed by atoms with E-state index in [9.17, 15) is 9.59 Å². The monoisotopic (exact) mass is 341 g/mol. The Morgan fingerprint density at radius 3 is 2.28 bits per heavy atom. The van der Waals surface area contributed by atoms with Crippen molar-refractivity contribution in [2.75, 3.05) is 12.4 Å². The van der Waals surface area contributed by atoms with E-state index in [2.05, 4.69) is 5.32 Å². The van der Waals surface area contributed by atoms with Crippen LogP contribution in [0.1, 0.15) is 42.7 Å². The van der Waals surface area contributed by atoms with Gasteiger partial charge in [-0.3, -0.25) is 9.59 Å². The van der Waals surface area contributed by atoms with Crippen molar-refractivity contribution in [1.29, 1.82) is 0 Å². The van der Waals surface area contributed by atoms with E-state index in [1.54, 1.807) is 31.4 Å². The zero-order valence-corrected chi connectivity index (χ0v) is 15.1. The largest absolute Gasteiger partial charge is 0.496 e. The summed E-state index contributed by atoms with van der Waals surface area (Å²) in [5.74, 6) is 0.737. The van der Waals surface area contributed by atoms with Gasteiger partial charge in [0.25, 0.3) is 5.91 Å². The van der Waals surface area contributed by atoms with Crippen LogP contribution in [0.25, 0.3) is 0 Å². The van der Waals surface area contributed by atoms with Crippen LogP contribution >= 0.6 is 0 Å². The van der Waals surface area contributed by atoms with Crippen molar-refractivity contribution in [3.05, 3.63) is 59.7 Å². The first kappa shape index (κ1) is 18.7. The molecule has 0 saturated heterocycles. The van der Waals surface area contributed by atoms with Crippen LogP contribution in [0.5, 0.6) is 5.75 Å². The Bertz CT molecular complexity index is 741. The number of carbonyl (C=O) groups excluding carboxylic acids is 2. The summed E-state index contributed by atoms with van der Waals surface area (Å²) in [7, 11) is 1.65. The molecule has 0 aromatic heterocycles. The van der Waals surface area contributed by atoms with Gasteiger partial charge in [0.2, 0.25) is 0 Å². The van der Waals surface area contributed by atoms with Crippen LogP contribution < -0.4 is 15.4 Å². The highest BCUT2D eigenvalue weighted by Crippen LogP contribution is 2.22. The van der Waals surface area contributed by atoms with Crippen molar-refractivity contribution in [2.24, 2.45) is 0 Å². The fourth-order valence-corrected chi connectivity index (χ4v) is 2.71. The molecule has 2 aromatic rings. The van der Waals surface area contributed by atoms with Gasteiger partial charge in [-0.2, -0.15) is 0 Å². The van der Waals surface area contributed by atoms with Gasteiger partial charge in [0.1, 0.15) is 11.8 Å². The van der Waals surface area contributed by atoms with Crippen molar-refractivity contribution in [2.45, 2.75) is 32.9 Å². The second-order valence-electron chi connectivity index (χ2n) is 6.13. The number of benzene rings is 2. The number of methoxy groups -OCH3 is 1. The topological polar surface area (TPSA) is 72.0 Å². The third kappa shape index (κ3) is 4.90. The molecule has 5 heteroatoms. The molecule has 25 heavy (non-hydrogen) atoms. The Labute approximate surface area is 148 Å². The molecule has 0 saturated carbocycles. The van der Waals surface area contributed by atoms with Gasteiger partial charge in [0.05, 0.1) is 12.7 Å². The highest BCUT2D eigenvalue weighted by molar-refractivity contribution is 5.96. The van der Waals surface area contributed by atoms with E-state index in [-0.39, 0.29) is 23.8 Å². The fraction of sp³-hybridized carbons (Fsp3) is 0.300. The van der Waals surface area contributed by atoms with Crippen LogP contribution in [0.4, 0.5) is 5.69 Å². The van der Waals surface area contributed by atoms with E-state index < -0.39 is 0 Å². The average Bonchev–Trinajstić information content (AvgIpc) is 2.61. The van der Waals surface area contributed by atoms with E-state index in [0.29, 0.717) is 11.3 Å². The summed E-state index contributed by atoms with van der Waals surface area (Å²) >= 11 is 0. The van der Waals surface area contributed by atoms with Gasteiger partial charge >= 0.3 is 0 Å². The van der Waals surface area contributed by atoms with Crippen LogP contribution in [0, 0.1) is 0 Å². The molecule has 0 spiro atoms. The molecule has 132 valence electrons. The lowest BCUT2D eigenvalue weighted by Gasteiger charge is -2.18. The molecule has 0 aliphatic rings. The molecule has 5 nitrogen and oxygen atoms in total. The van der Waals surface area contributed by atoms with Crippen molar-refractivity contribution in [3.8, 4) is 5.75 Å². The first-order chi connectivity index (χ1) is 11.9. The molecule has 0 radical (unpaired) electrons. The number of hydrogen-bond donors (Lipinski definition) is 2. The number of rotatable bonds is 7. The lowest BCUT2D eigenvalue weighted by molar-refractivity contribution is -0.709. The predicted molar refractivity (Wildman–Crippen MR) is 97.9 cm³/mol. The zero-order chi connectivity index (χ0) is 18.4. The lowest BCUT2D eigenvalue weighted by Crippen LogP contribution is -2.91. The second kappa shape index (κ2) is 8.44. The second-order valence-corrected chi connectivity index (χ2v) is 6.13. The Balaban J connectivity index is 1.98. The number of nitrogens with two attached hydrogens (primary N) is 1. The van der Waals surface area contributed by atoms with Gasteiger partial charge in [0, 0.05) is 11.3 Å². The summed E-state index contributed by atoms with van der Waals surface area (Å²) in [6.45, 7) is 5.43. The normalized spacial score (nSPS) is 13.0. The number of carbonyl (C=O) groups is 2. The minimum absolute atomic E-state index is 0.00483. The van der Waals surface area contributed by atoms with Crippen molar-refractivity contribution >= 4 is 17.4 Å². The minimum atomic E-state index is -0.271. The first-order valence-electron chi connectivity index (χ1n) is 8.32. The molecule has 2 aromatic carbocycles. The number of amides is 1. The molecule has 1 amide bonds. The number of para-hydroxylation sites is 1. The summed E-state index contributed by atoms with van der Waals surface area (Å²) in [6, 6.07) is 14.5. The van der Waals surface area contributed by atoms with Gasteiger partial charge in [0.15, 0.2) is 11.8 Å². The summed E-state index contributed by atoms with van der Waals surface area (Å²) in [6.07, 6.45) is 0. The molecule has 3 N–H and O–H groups in total. The highest BCUT2D eigenvalue weighted by atomic mass is 16.5. The molecular formula is C20H25N2O3+. The molecule has 2 rings (SSSR count). The van der Waals surface area contributed by atoms with E-state index in [0.717, 1.165) is 11.3 Å². The molecular weight excluding hydrogens is 316 g/mol. The van der Waals surface area contributed by atoms with E-state index in [1.165, 1.54) is 6.92 Å². The van der Waals surface area contributed by atoms with Crippen LogP contribution in [0.2, 0.25) is 0 Å². The van der Waals surface area contributed by atoms with Crippen LogP contribution in [-0.2, 0) is 4.79 Å². The third-order valence-corrected chi connectivity index (χ3v) is 4.18. The van der Waals surface area contributed by atoms with Crippen molar-refractivity contribution in [1.82, 2.24) is 0 Å². The summed E-state index contributed by atoms with van der Waals surface area (Å²) in [5, 5.41) is 4.88. The Morgan fingerprint density at radius 2 is 1.68 bits per heavy atom. The maximum Gasteiger partial charge on any atom is 0.282 e. The van der Waals surface area contributed by atoms with E-state index in [4.69, 9.17) is 4.74 Å².